The highest BCUT2D eigenvalue weighted by molar-refractivity contribution is 5.79. The summed E-state index contributed by atoms with van der Waals surface area (Å²) in [5.41, 5.74) is 0.878. The predicted molar refractivity (Wildman–Crippen MR) is 70.1 cm³/mol. The summed E-state index contributed by atoms with van der Waals surface area (Å²) in [7, 11) is 0. The number of nitrogens with one attached hydrogen (secondary N) is 1. The minimum absolute atomic E-state index is 0.143. The van der Waals surface area contributed by atoms with E-state index in [1.165, 1.54) is 0 Å². The van der Waals surface area contributed by atoms with Gasteiger partial charge in [0, 0.05) is 18.4 Å². The highest BCUT2D eigenvalue weighted by Gasteiger charge is 2.25. The van der Waals surface area contributed by atoms with Gasteiger partial charge in [-0.25, -0.2) is 4.98 Å². The zero-order valence-electron chi connectivity index (χ0n) is 10.4. The first-order chi connectivity index (χ1) is 9.04. The van der Waals surface area contributed by atoms with Gasteiger partial charge in [0.15, 0.2) is 0 Å². The van der Waals surface area contributed by atoms with Gasteiger partial charge in [-0.15, -0.1) is 0 Å². The van der Waals surface area contributed by atoms with E-state index in [2.05, 4.69) is 10.3 Å². The van der Waals surface area contributed by atoms with Gasteiger partial charge in [-0.05, 0) is 31.0 Å². The predicted octanol–water partition coefficient (Wildman–Crippen LogP) is 4.38. The summed E-state index contributed by atoms with van der Waals surface area (Å²) in [6.07, 6.45) is -4.15. The summed E-state index contributed by atoms with van der Waals surface area (Å²) < 4.78 is 35.8. The standard InChI is InChI=1S/C14H15F3N2/c15-14(16,17)9-3-4-10-18-13-8-7-11-5-1-2-6-12(11)19-13/h1-2,5-8H,3-4,9-10H2,(H,18,19). The molecule has 1 aromatic carbocycles. The molecule has 0 aliphatic carbocycles. The fourth-order valence-electron chi connectivity index (χ4n) is 1.83. The molecule has 0 saturated carbocycles. The number of fused-ring (bicyclic) bond motifs is 1. The number of nitrogens with zero attached hydrogens (tertiary/aromatic N) is 1. The van der Waals surface area contributed by atoms with Crippen LogP contribution in [0.3, 0.4) is 0 Å². The molecule has 2 nitrogen and oxygen atoms in total. The zero-order valence-corrected chi connectivity index (χ0v) is 10.4. The van der Waals surface area contributed by atoms with Crippen molar-refractivity contribution in [1.82, 2.24) is 4.98 Å². The topological polar surface area (TPSA) is 24.9 Å². The lowest BCUT2D eigenvalue weighted by molar-refractivity contribution is -0.135. The van der Waals surface area contributed by atoms with E-state index in [0.29, 0.717) is 18.8 Å². The van der Waals surface area contributed by atoms with Crippen LogP contribution in [-0.2, 0) is 0 Å². The number of halogens is 3. The number of anilines is 1. The summed E-state index contributed by atoms with van der Waals surface area (Å²) >= 11 is 0. The van der Waals surface area contributed by atoms with Crippen LogP contribution in [0.2, 0.25) is 0 Å². The molecule has 0 bridgehead atoms. The Hall–Kier alpha value is -1.78. The lowest BCUT2D eigenvalue weighted by atomic mass is 10.2. The summed E-state index contributed by atoms with van der Waals surface area (Å²) in [5, 5.41) is 4.09. The van der Waals surface area contributed by atoms with Crippen LogP contribution in [0, 0.1) is 0 Å². The number of pyridine rings is 1. The number of alkyl halides is 3. The van der Waals surface area contributed by atoms with Gasteiger partial charge in [0.2, 0.25) is 0 Å². The van der Waals surface area contributed by atoms with Crippen molar-refractivity contribution in [3.8, 4) is 0 Å². The van der Waals surface area contributed by atoms with Crippen molar-refractivity contribution in [3.63, 3.8) is 0 Å². The van der Waals surface area contributed by atoms with Crippen LogP contribution in [0.5, 0.6) is 0 Å². The van der Waals surface area contributed by atoms with E-state index in [1.54, 1.807) is 0 Å². The van der Waals surface area contributed by atoms with Gasteiger partial charge in [0.1, 0.15) is 5.82 Å². The molecule has 0 aliphatic heterocycles. The molecule has 0 radical (unpaired) electrons. The second kappa shape index (κ2) is 5.91. The summed E-state index contributed by atoms with van der Waals surface area (Å²) in [4.78, 5) is 4.39. The van der Waals surface area contributed by atoms with E-state index in [-0.39, 0.29) is 6.42 Å². The molecule has 2 rings (SSSR count). The summed E-state index contributed by atoms with van der Waals surface area (Å²) in [5.74, 6) is 0.700. The Bertz CT molecular complexity index is 537. The number of benzene rings is 1. The largest absolute Gasteiger partial charge is 0.389 e. The Morgan fingerprint density at radius 3 is 2.58 bits per heavy atom. The number of aromatic nitrogens is 1. The van der Waals surface area contributed by atoms with E-state index >= 15 is 0 Å². The number of para-hydroxylation sites is 1. The minimum Gasteiger partial charge on any atom is -0.370 e. The third kappa shape index (κ3) is 4.43. The molecule has 0 unspecified atom stereocenters. The van der Waals surface area contributed by atoms with Crippen LogP contribution in [0.15, 0.2) is 36.4 Å². The summed E-state index contributed by atoms with van der Waals surface area (Å²) in [6, 6.07) is 11.5. The molecular weight excluding hydrogens is 253 g/mol. The number of hydrogen-bond donors (Lipinski definition) is 1. The number of rotatable bonds is 5. The number of hydrogen-bond acceptors (Lipinski definition) is 2. The van der Waals surface area contributed by atoms with Crippen LogP contribution < -0.4 is 5.32 Å². The highest BCUT2D eigenvalue weighted by Crippen LogP contribution is 2.22. The van der Waals surface area contributed by atoms with Crippen LogP contribution in [0.1, 0.15) is 19.3 Å². The maximum absolute atomic E-state index is 11.9. The molecule has 2 aromatic rings. The van der Waals surface area contributed by atoms with Crippen LogP contribution in [0.4, 0.5) is 19.0 Å². The Balaban J connectivity index is 1.82. The van der Waals surface area contributed by atoms with Crippen molar-refractivity contribution in [2.75, 3.05) is 11.9 Å². The van der Waals surface area contributed by atoms with Gasteiger partial charge in [-0.1, -0.05) is 18.2 Å². The molecule has 0 saturated heterocycles. The first-order valence-corrected chi connectivity index (χ1v) is 6.21. The Labute approximate surface area is 109 Å². The summed E-state index contributed by atoms with van der Waals surface area (Å²) in [6.45, 7) is 0.501. The van der Waals surface area contributed by atoms with Crippen LogP contribution in [-0.4, -0.2) is 17.7 Å². The number of unbranched alkanes of at least 4 members (excludes halogenated alkanes) is 1. The van der Waals surface area contributed by atoms with Crippen molar-refractivity contribution < 1.29 is 13.2 Å². The lowest BCUT2D eigenvalue weighted by Gasteiger charge is -2.08. The molecular formula is C14H15F3N2. The van der Waals surface area contributed by atoms with E-state index in [0.717, 1.165) is 10.9 Å². The van der Waals surface area contributed by atoms with Crippen LogP contribution >= 0.6 is 0 Å². The van der Waals surface area contributed by atoms with Crippen molar-refractivity contribution in [2.45, 2.75) is 25.4 Å². The van der Waals surface area contributed by atoms with Crippen molar-refractivity contribution in [2.24, 2.45) is 0 Å². The monoisotopic (exact) mass is 268 g/mol. The van der Waals surface area contributed by atoms with Crippen molar-refractivity contribution in [3.05, 3.63) is 36.4 Å². The first-order valence-electron chi connectivity index (χ1n) is 6.21. The van der Waals surface area contributed by atoms with E-state index in [4.69, 9.17) is 0 Å². The second-order valence-corrected chi connectivity index (χ2v) is 4.39. The maximum Gasteiger partial charge on any atom is 0.389 e. The fraction of sp³-hybridized carbons (Fsp3) is 0.357. The van der Waals surface area contributed by atoms with Gasteiger partial charge >= 0.3 is 6.18 Å². The minimum atomic E-state index is -4.05. The van der Waals surface area contributed by atoms with Crippen LogP contribution in [0.25, 0.3) is 10.9 Å². The molecule has 0 spiro atoms. The molecule has 0 aliphatic rings. The molecule has 1 heterocycles. The molecule has 0 fully saturated rings. The van der Waals surface area contributed by atoms with E-state index < -0.39 is 12.6 Å². The third-order valence-corrected chi connectivity index (χ3v) is 2.79. The normalized spacial score (nSPS) is 11.7. The molecule has 19 heavy (non-hydrogen) atoms. The van der Waals surface area contributed by atoms with Crippen molar-refractivity contribution >= 4 is 16.7 Å². The third-order valence-electron chi connectivity index (χ3n) is 2.79. The maximum atomic E-state index is 11.9. The second-order valence-electron chi connectivity index (χ2n) is 4.39. The fourth-order valence-corrected chi connectivity index (χ4v) is 1.83. The Morgan fingerprint density at radius 1 is 1.00 bits per heavy atom. The SMILES string of the molecule is FC(F)(F)CCCCNc1ccc2ccccc2n1. The first kappa shape index (κ1) is 13.6. The van der Waals surface area contributed by atoms with Gasteiger partial charge in [-0.2, -0.15) is 13.2 Å². The zero-order chi connectivity index (χ0) is 13.7. The molecule has 102 valence electrons. The molecule has 1 N–H and O–H groups in total. The van der Waals surface area contributed by atoms with Gasteiger partial charge < -0.3 is 5.32 Å². The highest BCUT2D eigenvalue weighted by atomic mass is 19.4. The Kier molecular flexibility index (Phi) is 4.24. The van der Waals surface area contributed by atoms with E-state index in [9.17, 15) is 13.2 Å². The Morgan fingerprint density at radius 2 is 1.79 bits per heavy atom. The molecule has 0 atom stereocenters. The smallest absolute Gasteiger partial charge is 0.370 e. The van der Waals surface area contributed by atoms with Gasteiger partial charge in [0.05, 0.1) is 5.52 Å². The molecule has 5 heteroatoms. The van der Waals surface area contributed by atoms with Gasteiger partial charge in [0.25, 0.3) is 0 Å². The molecule has 1 aromatic heterocycles. The average Bonchev–Trinajstić information content (AvgIpc) is 2.37. The van der Waals surface area contributed by atoms with Crippen molar-refractivity contribution in [1.29, 1.82) is 0 Å². The molecule has 0 amide bonds. The lowest BCUT2D eigenvalue weighted by Crippen LogP contribution is -2.09. The average molecular weight is 268 g/mol. The quantitative estimate of drug-likeness (QED) is 0.814. The van der Waals surface area contributed by atoms with E-state index in [1.807, 2.05) is 36.4 Å². The van der Waals surface area contributed by atoms with Gasteiger partial charge in [-0.3, -0.25) is 0 Å².